The van der Waals surface area contributed by atoms with Crippen molar-refractivity contribution in [2.45, 2.75) is 59.2 Å². The molecule has 1 heterocycles. The van der Waals surface area contributed by atoms with Crippen molar-refractivity contribution < 1.29 is 0 Å². The van der Waals surface area contributed by atoms with Gasteiger partial charge in [-0.25, -0.2) is 0 Å². The molecule has 0 bridgehead atoms. The van der Waals surface area contributed by atoms with Gasteiger partial charge in [0.2, 0.25) is 0 Å². The normalized spacial score (nSPS) is 13.2. The van der Waals surface area contributed by atoms with Gasteiger partial charge in [-0.1, -0.05) is 20.3 Å². The van der Waals surface area contributed by atoms with Gasteiger partial charge in [0.05, 0.1) is 0 Å². The zero-order valence-corrected chi connectivity index (χ0v) is 13.1. The number of nitrogens with one attached hydrogen (secondary N) is 1. The van der Waals surface area contributed by atoms with E-state index in [1.807, 2.05) is 18.4 Å². The number of unbranched alkanes of at least 4 members (excludes halogenated alkanes) is 1. The van der Waals surface area contributed by atoms with Crippen molar-refractivity contribution in [3.05, 3.63) is 21.9 Å². The molecular formula is C15H28N2S. The quantitative estimate of drug-likeness (QED) is 0.731. The molecule has 1 rings (SSSR count). The Morgan fingerprint density at radius 2 is 2.00 bits per heavy atom. The molecule has 1 N–H and O–H groups in total. The predicted molar refractivity (Wildman–Crippen MR) is 82.2 cm³/mol. The topological polar surface area (TPSA) is 15.3 Å². The maximum atomic E-state index is 3.22. The molecule has 3 heteroatoms. The minimum atomic E-state index is 0.686. The summed E-state index contributed by atoms with van der Waals surface area (Å²) in [6.07, 6.45) is 3.82. The Balaban J connectivity index is 2.57. The molecule has 1 unspecified atom stereocenters. The minimum Gasteiger partial charge on any atom is -0.315 e. The van der Waals surface area contributed by atoms with Gasteiger partial charge in [0.1, 0.15) is 0 Å². The summed E-state index contributed by atoms with van der Waals surface area (Å²) in [5.74, 6) is 0. The molecule has 0 aromatic carbocycles. The van der Waals surface area contributed by atoms with E-state index in [1.54, 1.807) is 0 Å². The van der Waals surface area contributed by atoms with E-state index in [0.29, 0.717) is 6.04 Å². The molecule has 0 saturated heterocycles. The Labute approximate surface area is 116 Å². The van der Waals surface area contributed by atoms with Gasteiger partial charge in [0, 0.05) is 28.9 Å². The molecule has 0 saturated carbocycles. The van der Waals surface area contributed by atoms with Gasteiger partial charge >= 0.3 is 0 Å². The molecule has 1 atom stereocenters. The number of hydrogen-bond donors (Lipinski definition) is 1. The van der Waals surface area contributed by atoms with Gasteiger partial charge in [0.25, 0.3) is 0 Å². The Kier molecular flexibility index (Phi) is 7.56. The van der Waals surface area contributed by atoms with E-state index >= 15 is 0 Å². The van der Waals surface area contributed by atoms with E-state index in [4.69, 9.17) is 0 Å². The molecule has 1 aromatic rings. The fourth-order valence-electron chi connectivity index (χ4n) is 2.05. The molecular weight excluding hydrogens is 240 g/mol. The fraction of sp³-hybridized carbons (Fsp3) is 0.733. The molecule has 0 amide bonds. The molecule has 0 radical (unpaired) electrons. The molecule has 104 valence electrons. The van der Waals surface area contributed by atoms with Crippen molar-refractivity contribution in [3.63, 3.8) is 0 Å². The summed E-state index contributed by atoms with van der Waals surface area (Å²) < 4.78 is 0. The second kappa shape index (κ2) is 8.68. The molecule has 0 spiro atoms. The molecule has 0 aliphatic heterocycles. The van der Waals surface area contributed by atoms with Gasteiger partial charge in [0.15, 0.2) is 0 Å². The number of rotatable bonds is 9. The highest BCUT2D eigenvalue weighted by molar-refractivity contribution is 7.11. The van der Waals surface area contributed by atoms with Crippen LogP contribution in [-0.2, 0) is 13.1 Å². The second-order valence-corrected chi connectivity index (χ2v) is 6.23. The third-order valence-electron chi connectivity index (χ3n) is 3.44. The summed E-state index contributed by atoms with van der Waals surface area (Å²) in [6.45, 7) is 10.2. The molecule has 1 aromatic heterocycles. The van der Waals surface area contributed by atoms with Crippen LogP contribution >= 0.6 is 11.3 Å². The summed E-state index contributed by atoms with van der Waals surface area (Å²) in [7, 11) is 2.01. The van der Waals surface area contributed by atoms with Crippen LogP contribution in [0.25, 0.3) is 0 Å². The van der Waals surface area contributed by atoms with Crippen LogP contribution in [0.5, 0.6) is 0 Å². The highest BCUT2D eigenvalue weighted by Gasteiger charge is 2.13. The van der Waals surface area contributed by atoms with E-state index in [0.717, 1.165) is 13.1 Å². The Hall–Kier alpha value is -0.380. The van der Waals surface area contributed by atoms with Crippen LogP contribution < -0.4 is 5.32 Å². The third-order valence-corrected chi connectivity index (χ3v) is 4.51. The number of nitrogens with zero attached hydrogens (tertiary/aromatic N) is 1. The van der Waals surface area contributed by atoms with Crippen LogP contribution in [0, 0.1) is 0 Å². The summed E-state index contributed by atoms with van der Waals surface area (Å²) in [4.78, 5) is 5.56. The predicted octanol–water partition coefficient (Wildman–Crippen LogP) is 3.87. The first kappa shape index (κ1) is 15.7. The zero-order chi connectivity index (χ0) is 13.4. The van der Waals surface area contributed by atoms with E-state index in [1.165, 1.54) is 35.6 Å². The first-order valence-corrected chi connectivity index (χ1v) is 7.99. The second-order valence-electron chi connectivity index (χ2n) is 4.98. The Morgan fingerprint density at radius 3 is 2.61 bits per heavy atom. The van der Waals surface area contributed by atoms with Crippen LogP contribution in [0.2, 0.25) is 0 Å². The first-order valence-electron chi connectivity index (χ1n) is 7.17. The SMILES string of the molecule is CCCCN(Cc1ccc(CNC)s1)C(C)CC. The van der Waals surface area contributed by atoms with Crippen molar-refractivity contribution in [2.75, 3.05) is 13.6 Å². The van der Waals surface area contributed by atoms with E-state index in [9.17, 15) is 0 Å². The van der Waals surface area contributed by atoms with Crippen LogP contribution in [0.4, 0.5) is 0 Å². The monoisotopic (exact) mass is 268 g/mol. The maximum absolute atomic E-state index is 3.22. The molecule has 0 aliphatic rings. The molecule has 0 aliphatic carbocycles. The summed E-state index contributed by atoms with van der Waals surface area (Å²) in [5, 5.41) is 3.22. The van der Waals surface area contributed by atoms with Crippen molar-refractivity contribution in [1.82, 2.24) is 10.2 Å². The largest absolute Gasteiger partial charge is 0.315 e. The molecule has 0 fully saturated rings. The zero-order valence-electron chi connectivity index (χ0n) is 12.3. The van der Waals surface area contributed by atoms with Crippen molar-refractivity contribution in [2.24, 2.45) is 0 Å². The minimum absolute atomic E-state index is 0.686. The van der Waals surface area contributed by atoms with Crippen molar-refractivity contribution >= 4 is 11.3 Å². The highest BCUT2D eigenvalue weighted by atomic mass is 32.1. The average Bonchev–Trinajstić information content (AvgIpc) is 2.81. The molecule has 2 nitrogen and oxygen atoms in total. The van der Waals surface area contributed by atoms with E-state index in [-0.39, 0.29) is 0 Å². The smallest absolute Gasteiger partial charge is 0.0330 e. The standard InChI is InChI=1S/C15H28N2S/c1-5-7-10-17(13(3)6-2)12-15-9-8-14(18-15)11-16-4/h8-9,13,16H,5-7,10-12H2,1-4H3. The average molecular weight is 268 g/mol. The lowest BCUT2D eigenvalue weighted by atomic mass is 10.2. The third kappa shape index (κ3) is 5.09. The summed E-state index contributed by atoms with van der Waals surface area (Å²) in [5.41, 5.74) is 0. The van der Waals surface area contributed by atoms with E-state index in [2.05, 4.69) is 43.1 Å². The van der Waals surface area contributed by atoms with E-state index < -0.39 is 0 Å². The Morgan fingerprint density at radius 1 is 1.28 bits per heavy atom. The van der Waals surface area contributed by atoms with Crippen LogP contribution in [0.1, 0.15) is 49.8 Å². The fourth-order valence-corrected chi connectivity index (χ4v) is 3.11. The lowest BCUT2D eigenvalue weighted by Crippen LogP contribution is -2.32. The lowest BCUT2D eigenvalue weighted by molar-refractivity contribution is 0.194. The van der Waals surface area contributed by atoms with Crippen LogP contribution in [0.15, 0.2) is 12.1 Å². The van der Waals surface area contributed by atoms with Gasteiger partial charge in [-0.15, -0.1) is 11.3 Å². The number of hydrogen-bond acceptors (Lipinski definition) is 3. The van der Waals surface area contributed by atoms with Crippen LogP contribution in [-0.4, -0.2) is 24.5 Å². The van der Waals surface area contributed by atoms with Crippen LogP contribution in [0.3, 0.4) is 0 Å². The first-order chi connectivity index (χ1) is 8.71. The van der Waals surface area contributed by atoms with Gasteiger partial charge in [-0.05, 0) is 45.5 Å². The van der Waals surface area contributed by atoms with Crippen molar-refractivity contribution in [3.8, 4) is 0 Å². The van der Waals surface area contributed by atoms with Gasteiger partial charge < -0.3 is 5.32 Å². The lowest BCUT2D eigenvalue weighted by Gasteiger charge is -2.27. The van der Waals surface area contributed by atoms with Crippen molar-refractivity contribution in [1.29, 1.82) is 0 Å². The maximum Gasteiger partial charge on any atom is 0.0330 e. The summed E-state index contributed by atoms with van der Waals surface area (Å²) in [6, 6.07) is 5.23. The highest BCUT2D eigenvalue weighted by Crippen LogP contribution is 2.20. The molecule has 18 heavy (non-hydrogen) atoms. The number of thiophene rings is 1. The summed E-state index contributed by atoms with van der Waals surface area (Å²) >= 11 is 1.94. The van der Waals surface area contributed by atoms with Gasteiger partial charge in [-0.3, -0.25) is 4.90 Å². The Bertz CT molecular complexity index is 322. The van der Waals surface area contributed by atoms with Gasteiger partial charge in [-0.2, -0.15) is 0 Å².